The van der Waals surface area contributed by atoms with E-state index in [1.807, 2.05) is 23.1 Å². The van der Waals surface area contributed by atoms with Crippen LogP contribution in [0.1, 0.15) is 85.5 Å². The molecule has 2 heterocycles. The number of rotatable bonds is 3. The van der Waals surface area contributed by atoms with Gasteiger partial charge >= 0.3 is 0 Å². The Labute approximate surface area is 174 Å². The van der Waals surface area contributed by atoms with Crippen LogP contribution in [-0.4, -0.2) is 23.9 Å². The summed E-state index contributed by atoms with van der Waals surface area (Å²) in [6, 6.07) is 8.57. The highest BCUT2D eigenvalue weighted by molar-refractivity contribution is 5.91. The lowest BCUT2D eigenvalue weighted by atomic mass is 9.62. The fourth-order valence-electron chi connectivity index (χ4n) is 4.71. The van der Waals surface area contributed by atoms with Crippen LogP contribution in [0, 0.1) is 6.92 Å². The monoisotopic (exact) mass is 391 g/mol. The summed E-state index contributed by atoms with van der Waals surface area (Å²) >= 11 is 0. The van der Waals surface area contributed by atoms with Crippen LogP contribution in [0.3, 0.4) is 0 Å². The van der Waals surface area contributed by atoms with Crippen LogP contribution in [0.15, 0.2) is 40.8 Å². The zero-order chi connectivity index (χ0) is 20.8. The van der Waals surface area contributed by atoms with Crippen LogP contribution in [0.4, 0.5) is 0 Å². The molecule has 2 aromatic rings. The lowest BCUT2D eigenvalue weighted by molar-refractivity contribution is 0.0737. The first-order valence-electron chi connectivity index (χ1n) is 10.8. The minimum atomic E-state index is -0.00866. The molecule has 1 aromatic heterocycles. The van der Waals surface area contributed by atoms with Gasteiger partial charge in [-0.2, -0.15) is 0 Å². The third kappa shape index (κ3) is 3.80. The molecule has 0 saturated heterocycles. The number of amides is 1. The van der Waals surface area contributed by atoms with Crippen molar-refractivity contribution in [1.29, 1.82) is 0 Å². The molecule has 0 N–H and O–H groups in total. The summed E-state index contributed by atoms with van der Waals surface area (Å²) in [5.41, 5.74) is 5.98. The minimum Gasteiger partial charge on any atom is -0.456 e. The molecule has 4 rings (SSSR count). The lowest BCUT2D eigenvalue weighted by Gasteiger charge is -2.42. The molecule has 3 nitrogen and oxygen atoms in total. The molecule has 1 amide bonds. The maximum Gasteiger partial charge on any atom is 0.289 e. The number of hydrogen-bond donors (Lipinski definition) is 0. The van der Waals surface area contributed by atoms with Crippen LogP contribution >= 0.6 is 0 Å². The van der Waals surface area contributed by atoms with Gasteiger partial charge in [-0.25, -0.2) is 0 Å². The highest BCUT2D eigenvalue weighted by atomic mass is 16.4. The molecule has 0 spiro atoms. The van der Waals surface area contributed by atoms with E-state index < -0.39 is 0 Å². The molecule has 1 aliphatic heterocycles. The zero-order valence-electron chi connectivity index (χ0n) is 18.5. The van der Waals surface area contributed by atoms with Crippen molar-refractivity contribution in [2.45, 2.75) is 71.1 Å². The van der Waals surface area contributed by atoms with Crippen molar-refractivity contribution in [3.05, 3.63) is 70.2 Å². The normalized spacial score (nSPS) is 19.8. The SMILES string of the molecule is Cc1cc2c(cc1Cc1ccc(C(=O)N3CC=CCC3)o1)C(C)(C)CCC2(C)C. The first-order valence-corrected chi connectivity index (χ1v) is 10.8. The highest BCUT2D eigenvalue weighted by Crippen LogP contribution is 2.46. The van der Waals surface area contributed by atoms with Gasteiger partial charge in [-0.1, -0.05) is 52.0 Å². The van der Waals surface area contributed by atoms with Gasteiger partial charge in [0.1, 0.15) is 5.76 Å². The second-order valence-electron chi connectivity index (χ2n) is 10.0. The maximum absolute atomic E-state index is 12.7. The number of aryl methyl sites for hydroxylation is 1. The fraction of sp³-hybridized carbons (Fsp3) is 0.500. The Morgan fingerprint density at radius 1 is 1.03 bits per heavy atom. The Kier molecular flexibility index (Phi) is 4.96. The molecule has 0 unspecified atom stereocenters. The van der Waals surface area contributed by atoms with Gasteiger partial charge in [-0.05, 0) is 71.4 Å². The third-order valence-corrected chi connectivity index (χ3v) is 6.89. The number of hydrogen-bond acceptors (Lipinski definition) is 2. The van der Waals surface area contributed by atoms with E-state index in [1.54, 1.807) is 0 Å². The van der Waals surface area contributed by atoms with Crippen molar-refractivity contribution >= 4 is 5.91 Å². The van der Waals surface area contributed by atoms with Crippen molar-refractivity contribution in [3.63, 3.8) is 0 Å². The molecule has 1 aromatic carbocycles. The average Bonchev–Trinajstić information content (AvgIpc) is 3.15. The van der Waals surface area contributed by atoms with Crippen LogP contribution in [0.2, 0.25) is 0 Å². The molecule has 2 aliphatic rings. The summed E-state index contributed by atoms with van der Waals surface area (Å²) in [4.78, 5) is 14.5. The van der Waals surface area contributed by atoms with E-state index in [0.29, 0.717) is 12.3 Å². The van der Waals surface area contributed by atoms with E-state index >= 15 is 0 Å². The number of furan rings is 1. The molecule has 3 heteroatoms. The summed E-state index contributed by atoms with van der Waals surface area (Å²) in [5.74, 6) is 1.30. The third-order valence-electron chi connectivity index (χ3n) is 6.89. The smallest absolute Gasteiger partial charge is 0.289 e. The van der Waals surface area contributed by atoms with Gasteiger partial charge in [0.15, 0.2) is 5.76 Å². The van der Waals surface area contributed by atoms with Crippen molar-refractivity contribution < 1.29 is 9.21 Å². The molecule has 0 saturated carbocycles. The van der Waals surface area contributed by atoms with Crippen LogP contribution in [0.25, 0.3) is 0 Å². The second kappa shape index (κ2) is 7.19. The number of nitrogens with zero attached hydrogens (tertiary/aromatic N) is 1. The molecule has 0 bridgehead atoms. The largest absolute Gasteiger partial charge is 0.456 e. The van der Waals surface area contributed by atoms with Gasteiger partial charge in [0.25, 0.3) is 5.91 Å². The molecule has 0 fully saturated rings. The molecule has 0 radical (unpaired) electrons. The number of carbonyl (C=O) groups excluding carboxylic acids is 1. The first-order chi connectivity index (χ1) is 13.7. The van der Waals surface area contributed by atoms with E-state index in [-0.39, 0.29) is 16.7 Å². The molecular formula is C26H33NO2. The molecule has 29 heavy (non-hydrogen) atoms. The van der Waals surface area contributed by atoms with Crippen molar-refractivity contribution in [3.8, 4) is 0 Å². The second-order valence-corrected chi connectivity index (χ2v) is 10.0. The van der Waals surface area contributed by atoms with Gasteiger partial charge in [0.05, 0.1) is 0 Å². The van der Waals surface area contributed by atoms with Crippen molar-refractivity contribution in [2.75, 3.05) is 13.1 Å². The molecule has 1 aliphatic carbocycles. The van der Waals surface area contributed by atoms with Crippen LogP contribution in [0.5, 0.6) is 0 Å². The molecule has 154 valence electrons. The van der Waals surface area contributed by atoms with Crippen LogP contribution in [-0.2, 0) is 17.3 Å². The Morgan fingerprint density at radius 2 is 1.72 bits per heavy atom. The van der Waals surface area contributed by atoms with Gasteiger partial charge in [-0.15, -0.1) is 0 Å². The zero-order valence-corrected chi connectivity index (χ0v) is 18.5. The number of carbonyl (C=O) groups is 1. The van der Waals surface area contributed by atoms with Gasteiger partial charge in [0.2, 0.25) is 0 Å². The van der Waals surface area contributed by atoms with E-state index in [0.717, 1.165) is 25.1 Å². The highest BCUT2D eigenvalue weighted by Gasteiger charge is 2.37. The predicted octanol–water partition coefficient (Wildman–Crippen LogP) is 5.93. The van der Waals surface area contributed by atoms with Gasteiger partial charge in [-0.3, -0.25) is 4.79 Å². The Morgan fingerprint density at radius 3 is 2.38 bits per heavy atom. The topological polar surface area (TPSA) is 33.5 Å². The summed E-state index contributed by atoms with van der Waals surface area (Å²) in [6.45, 7) is 13.1. The molecular weight excluding hydrogens is 358 g/mol. The quantitative estimate of drug-likeness (QED) is 0.608. The van der Waals surface area contributed by atoms with E-state index in [2.05, 4.69) is 52.8 Å². The average molecular weight is 392 g/mol. The summed E-state index contributed by atoms with van der Waals surface area (Å²) in [5, 5.41) is 0. The first kappa shape index (κ1) is 20.0. The summed E-state index contributed by atoms with van der Waals surface area (Å²) in [6.07, 6.45) is 8.24. The Bertz CT molecular complexity index is 961. The Balaban J connectivity index is 1.60. The predicted molar refractivity (Wildman–Crippen MR) is 118 cm³/mol. The number of benzene rings is 1. The fourth-order valence-corrected chi connectivity index (χ4v) is 4.71. The summed E-state index contributed by atoms with van der Waals surface area (Å²) < 4.78 is 5.98. The van der Waals surface area contributed by atoms with E-state index in [4.69, 9.17) is 4.42 Å². The van der Waals surface area contributed by atoms with Gasteiger partial charge in [0, 0.05) is 19.5 Å². The number of fused-ring (bicyclic) bond motifs is 1. The van der Waals surface area contributed by atoms with Crippen LogP contribution < -0.4 is 0 Å². The standard InChI is InChI=1S/C26H33NO2/c1-18-15-21-22(26(4,5)12-11-25(21,2)3)17-19(18)16-20-9-10-23(29-20)24(28)27-13-7-6-8-14-27/h6-7,9-10,15,17H,8,11-14,16H2,1-5H3. The van der Waals surface area contributed by atoms with E-state index in [9.17, 15) is 4.79 Å². The van der Waals surface area contributed by atoms with E-state index in [1.165, 1.54) is 35.1 Å². The van der Waals surface area contributed by atoms with Gasteiger partial charge < -0.3 is 9.32 Å². The minimum absolute atomic E-state index is 0.00866. The van der Waals surface area contributed by atoms with Crippen molar-refractivity contribution in [2.24, 2.45) is 0 Å². The summed E-state index contributed by atoms with van der Waals surface area (Å²) in [7, 11) is 0. The maximum atomic E-state index is 12.7. The lowest BCUT2D eigenvalue weighted by Crippen LogP contribution is -2.34. The molecule has 0 atom stereocenters. The van der Waals surface area contributed by atoms with Crippen molar-refractivity contribution in [1.82, 2.24) is 4.90 Å². The Hall–Kier alpha value is -2.29.